The lowest BCUT2D eigenvalue weighted by Crippen LogP contribution is -2.22. The molecule has 0 aliphatic rings. The van der Waals surface area contributed by atoms with Crippen molar-refractivity contribution in [3.8, 4) is 46.7 Å². The topological polar surface area (TPSA) is 62.7 Å². The third-order valence-electron chi connectivity index (χ3n) is 16.4. The molecule has 0 atom stereocenters. The smallest absolute Gasteiger partial charge is 0.161 e. The van der Waals surface area contributed by atoms with Crippen LogP contribution in [0.15, 0.2) is 133 Å². The predicted molar refractivity (Wildman–Crippen MR) is 377 cm³/mol. The molecule has 0 fully saturated rings. The van der Waals surface area contributed by atoms with Crippen LogP contribution in [0.4, 0.5) is 0 Å². The summed E-state index contributed by atoms with van der Waals surface area (Å²) in [6.07, 6.45) is 0. The monoisotopic (exact) mass is 1200 g/mol. The largest absolute Gasteiger partial charge is 0.489 e. The number of aromatic nitrogens is 2. The van der Waals surface area contributed by atoms with Crippen LogP contribution in [0, 0.1) is 23.7 Å². The molecule has 0 saturated carbocycles. The highest BCUT2D eigenvalue weighted by Crippen LogP contribution is 2.40. The molecule has 0 N–H and O–H groups in total. The molecule has 6 nitrogen and oxygen atoms in total. The van der Waals surface area contributed by atoms with E-state index in [9.17, 15) is 0 Å². The molecular weight excluding hydrogens is 1100 g/mol. The summed E-state index contributed by atoms with van der Waals surface area (Å²) in [5.41, 5.74) is 18.2. The van der Waals surface area contributed by atoms with Gasteiger partial charge >= 0.3 is 0 Å². The highest BCUT2D eigenvalue weighted by Gasteiger charge is 2.29. The van der Waals surface area contributed by atoms with Crippen LogP contribution in [0.5, 0.6) is 23.0 Å². The summed E-state index contributed by atoms with van der Waals surface area (Å²) in [7, 11) is 0. The molecule has 0 spiro atoms. The van der Waals surface area contributed by atoms with Gasteiger partial charge < -0.3 is 18.9 Å². The first-order chi connectivity index (χ1) is 41.6. The van der Waals surface area contributed by atoms with Crippen LogP contribution in [-0.2, 0) is 69.7 Å². The molecular formula is C84H102N2O4. The summed E-state index contributed by atoms with van der Waals surface area (Å²) < 4.78 is 26.6. The highest BCUT2D eigenvalue weighted by molar-refractivity contribution is 5.76. The quantitative estimate of drug-likeness (QED) is 0.114. The summed E-state index contributed by atoms with van der Waals surface area (Å²) in [6, 6.07) is 46.8. The normalized spacial score (nSPS) is 12.7. The number of rotatable bonds is 12. The van der Waals surface area contributed by atoms with E-state index in [1.165, 1.54) is 44.5 Å². The highest BCUT2D eigenvalue weighted by atomic mass is 16.5. The Balaban J connectivity index is 1.10. The minimum absolute atomic E-state index is 0.00998. The Morgan fingerprint density at radius 3 is 0.711 bits per heavy atom. The minimum Gasteiger partial charge on any atom is -0.489 e. The van der Waals surface area contributed by atoms with Crippen LogP contribution >= 0.6 is 0 Å². The molecule has 6 heteroatoms. The molecule has 0 unspecified atom stereocenters. The maximum atomic E-state index is 6.64. The van der Waals surface area contributed by atoms with E-state index in [4.69, 9.17) is 28.9 Å². The SMILES string of the molecule is CC(C)(C)c1ccc(COc2cc(C#Cc3ccc4ccc(C#Cc5cc(OCc6ccc(C(C)(C)C)c(C(C)(C)C)c6)cc(OCc6ccc(C(C)(C)C)c(C(C)(C)C)c6)c5)nc4n3)cc(OCc3ccc(C(C)(C)C)c(C(C)(C)C)c3)c2)cc1C(C)(C)C. The van der Waals surface area contributed by atoms with Crippen LogP contribution in [-0.4, -0.2) is 9.97 Å². The number of benzene rings is 6. The molecule has 0 bridgehead atoms. The Hall–Kier alpha value is -7.80. The lowest BCUT2D eigenvalue weighted by Gasteiger charge is -2.30. The average molecular weight is 1200 g/mol. The third kappa shape index (κ3) is 17.8. The van der Waals surface area contributed by atoms with Crippen LogP contribution in [0.1, 0.15) is 255 Å². The molecule has 0 saturated heterocycles. The number of fused-ring (bicyclic) bond motifs is 1. The van der Waals surface area contributed by atoms with Crippen LogP contribution in [0.25, 0.3) is 11.0 Å². The van der Waals surface area contributed by atoms with Crippen LogP contribution < -0.4 is 18.9 Å². The number of hydrogen-bond acceptors (Lipinski definition) is 6. The van der Waals surface area contributed by atoms with E-state index in [0.717, 1.165) is 38.8 Å². The number of pyridine rings is 2. The van der Waals surface area contributed by atoms with Gasteiger partial charge in [0.1, 0.15) is 60.8 Å². The lowest BCUT2D eigenvalue weighted by atomic mass is 9.75. The van der Waals surface area contributed by atoms with Crippen molar-refractivity contribution in [1.29, 1.82) is 0 Å². The first-order valence-corrected chi connectivity index (χ1v) is 32.3. The van der Waals surface area contributed by atoms with Crippen molar-refractivity contribution >= 4 is 11.0 Å². The second-order valence-electron chi connectivity index (χ2n) is 33.0. The Kier molecular flexibility index (Phi) is 19.5. The van der Waals surface area contributed by atoms with Crippen molar-refractivity contribution in [2.24, 2.45) is 0 Å². The van der Waals surface area contributed by atoms with Gasteiger partial charge in [-0.1, -0.05) is 251 Å². The van der Waals surface area contributed by atoms with Crippen molar-refractivity contribution in [2.75, 3.05) is 0 Å². The average Bonchev–Trinajstić information content (AvgIpc) is 0.908. The summed E-state index contributed by atoms with van der Waals surface area (Å²) in [4.78, 5) is 9.93. The van der Waals surface area contributed by atoms with Gasteiger partial charge in [0, 0.05) is 28.6 Å². The predicted octanol–water partition coefficient (Wildman–Crippen LogP) is 21.1. The molecule has 8 rings (SSSR count). The molecule has 472 valence electrons. The van der Waals surface area contributed by atoms with Crippen molar-refractivity contribution in [3.05, 3.63) is 223 Å². The van der Waals surface area contributed by atoms with Gasteiger partial charge in [0.05, 0.1) is 0 Å². The molecule has 8 aromatic rings. The fourth-order valence-corrected chi connectivity index (χ4v) is 11.5. The van der Waals surface area contributed by atoms with Gasteiger partial charge in [0.25, 0.3) is 0 Å². The van der Waals surface area contributed by atoms with Gasteiger partial charge in [-0.3, -0.25) is 0 Å². The first-order valence-electron chi connectivity index (χ1n) is 32.3. The van der Waals surface area contributed by atoms with Gasteiger partial charge in [-0.05, 0) is 170 Å². The summed E-state index contributed by atoms with van der Waals surface area (Å²) in [5.74, 6) is 16.2. The van der Waals surface area contributed by atoms with Crippen LogP contribution in [0.3, 0.4) is 0 Å². The summed E-state index contributed by atoms with van der Waals surface area (Å²) in [6.45, 7) is 56.2. The van der Waals surface area contributed by atoms with E-state index in [2.05, 4.69) is 263 Å². The zero-order valence-corrected chi connectivity index (χ0v) is 59.1. The zero-order valence-electron chi connectivity index (χ0n) is 59.1. The van der Waals surface area contributed by atoms with Gasteiger partial charge in [0.2, 0.25) is 0 Å². The molecule has 0 amide bonds. The summed E-state index contributed by atoms with van der Waals surface area (Å²) in [5, 5.41) is 0.883. The van der Waals surface area contributed by atoms with E-state index >= 15 is 0 Å². The van der Waals surface area contributed by atoms with Gasteiger partial charge in [-0.25, -0.2) is 9.97 Å². The van der Waals surface area contributed by atoms with E-state index in [-0.39, 0.29) is 43.3 Å². The van der Waals surface area contributed by atoms with E-state index < -0.39 is 0 Å². The van der Waals surface area contributed by atoms with Crippen LogP contribution in [0.2, 0.25) is 0 Å². The third-order valence-corrected chi connectivity index (χ3v) is 16.4. The second kappa shape index (κ2) is 25.8. The Bertz CT molecular complexity index is 3590. The van der Waals surface area contributed by atoms with Crippen molar-refractivity contribution < 1.29 is 18.9 Å². The van der Waals surface area contributed by atoms with Crippen molar-refractivity contribution in [3.63, 3.8) is 0 Å². The number of ether oxygens (including phenoxy) is 4. The fourth-order valence-electron chi connectivity index (χ4n) is 11.5. The molecule has 0 aliphatic carbocycles. The van der Waals surface area contributed by atoms with Crippen molar-refractivity contribution in [2.45, 2.75) is 236 Å². The fraction of sp³-hybridized carbons (Fsp3) is 0.429. The van der Waals surface area contributed by atoms with Gasteiger partial charge in [-0.15, -0.1) is 0 Å². The molecule has 90 heavy (non-hydrogen) atoms. The van der Waals surface area contributed by atoms with E-state index in [1.807, 2.05) is 60.7 Å². The van der Waals surface area contributed by atoms with Crippen molar-refractivity contribution in [1.82, 2.24) is 9.97 Å². The molecule has 0 radical (unpaired) electrons. The Morgan fingerprint density at radius 2 is 0.489 bits per heavy atom. The Morgan fingerprint density at radius 1 is 0.256 bits per heavy atom. The Labute approximate surface area is 542 Å². The zero-order chi connectivity index (χ0) is 66.2. The first kappa shape index (κ1) is 68.1. The maximum absolute atomic E-state index is 6.64. The van der Waals surface area contributed by atoms with E-state index in [0.29, 0.717) is 66.5 Å². The molecule has 2 heterocycles. The summed E-state index contributed by atoms with van der Waals surface area (Å²) >= 11 is 0. The lowest BCUT2D eigenvalue weighted by molar-refractivity contribution is 0.289. The number of nitrogens with zero attached hydrogens (tertiary/aromatic N) is 2. The maximum Gasteiger partial charge on any atom is 0.161 e. The second-order valence-corrected chi connectivity index (χ2v) is 33.0. The molecule has 0 aliphatic heterocycles. The standard InChI is InChI=1S/C84H102N2O4/c1-77(2,3)68-37-27-57(45-72(68)81(13,14)15)51-87-64-41-55(42-65(49-64)88-52-58-28-38-69(78(4,5)6)73(46-58)82(16,17)18)25-33-62-35-31-61-32-36-63(86-76(61)85-62)34-26-56-43-66(89-53-59-29-39-70(79(7,8)9)74(47-59)83(19,20)21)50-67(44-56)90-54-60-30-40-71(80(10,11)12)75(48-60)84(22,23)24/h27-32,35-50H,51-54H2,1-24H3. The minimum atomic E-state index is -0.0341. The van der Waals surface area contributed by atoms with E-state index in [1.54, 1.807) is 0 Å². The molecule has 6 aromatic carbocycles. The van der Waals surface area contributed by atoms with Gasteiger partial charge in [0.15, 0.2) is 5.65 Å². The molecule has 2 aromatic heterocycles. The number of hydrogen-bond donors (Lipinski definition) is 0. The van der Waals surface area contributed by atoms with Gasteiger partial charge in [-0.2, -0.15) is 0 Å².